The lowest BCUT2D eigenvalue weighted by molar-refractivity contribution is 0.479. The van der Waals surface area contributed by atoms with Crippen molar-refractivity contribution in [1.82, 2.24) is 0 Å². The zero-order valence-corrected chi connectivity index (χ0v) is 8.16. The van der Waals surface area contributed by atoms with Crippen LogP contribution in [0, 0.1) is 0 Å². The molecule has 0 saturated heterocycles. The van der Waals surface area contributed by atoms with Crippen molar-refractivity contribution in [2.45, 2.75) is 37.6 Å². The summed E-state index contributed by atoms with van der Waals surface area (Å²) in [6, 6.07) is 10.7. The summed E-state index contributed by atoms with van der Waals surface area (Å²) in [6.45, 7) is 2.16. The first kappa shape index (κ1) is 8.76. The lowest BCUT2D eigenvalue weighted by Gasteiger charge is -2.17. The van der Waals surface area contributed by atoms with E-state index in [4.69, 9.17) is 5.73 Å². The van der Waals surface area contributed by atoms with Gasteiger partial charge in [0.05, 0.1) is 0 Å². The highest BCUT2D eigenvalue weighted by Gasteiger charge is 2.31. The molecule has 2 unspecified atom stereocenters. The van der Waals surface area contributed by atoms with Gasteiger partial charge in [0, 0.05) is 5.54 Å². The number of rotatable bonds is 1. The van der Waals surface area contributed by atoms with Gasteiger partial charge in [-0.1, -0.05) is 30.3 Å². The molecule has 0 aromatic heterocycles. The minimum atomic E-state index is 0.0699. The average Bonchev–Trinajstić information content (AvgIpc) is 2.48. The number of benzene rings is 1. The Morgan fingerprint density at radius 3 is 2.54 bits per heavy atom. The van der Waals surface area contributed by atoms with E-state index in [1.54, 1.807) is 0 Å². The molecule has 0 heterocycles. The highest BCUT2D eigenvalue weighted by molar-refractivity contribution is 5.21. The van der Waals surface area contributed by atoms with Gasteiger partial charge >= 0.3 is 0 Å². The van der Waals surface area contributed by atoms with E-state index in [1.165, 1.54) is 12.0 Å². The Labute approximate surface area is 80.0 Å². The van der Waals surface area contributed by atoms with Gasteiger partial charge in [-0.05, 0) is 37.7 Å². The topological polar surface area (TPSA) is 26.0 Å². The Bertz CT molecular complexity index is 276. The van der Waals surface area contributed by atoms with Crippen LogP contribution >= 0.6 is 0 Å². The summed E-state index contributed by atoms with van der Waals surface area (Å²) >= 11 is 0. The van der Waals surface area contributed by atoms with Crippen molar-refractivity contribution in [1.29, 1.82) is 0 Å². The summed E-state index contributed by atoms with van der Waals surface area (Å²) < 4.78 is 0. The van der Waals surface area contributed by atoms with Gasteiger partial charge in [0.1, 0.15) is 0 Å². The molecule has 0 spiro atoms. The number of nitrogens with two attached hydrogens (primary N) is 1. The van der Waals surface area contributed by atoms with Crippen molar-refractivity contribution in [2.24, 2.45) is 5.73 Å². The second kappa shape index (κ2) is 3.15. The van der Waals surface area contributed by atoms with Crippen molar-refractivity contribution < 1.29 is 0 Å². The average molecular weight is 175 g/mol. The molecule has 13 heavy (non-hydrogen) atoms. The van der Waals surface area contributed by atoms with Crippen LogP contribution in [0.25, 0.3) is 0 Å². The molecule has 1 saturated carbocycles. The van der Waals surface area contributed by atoms with Crippen LogP contribution < -0.4 is 5.73 Å². The smallest absolute Gasteiger partial charge is 0.0131 e. The van der Waals surface area contributed by atoms with Gasteiger partial charge in [-0.25, -0.2) is 0 Å². The van der Waals surface area contributed by atoms with Gasteiger partial charge in [-0.3, -0.25) is 0 Å². The third kappa shape index (κ3) is 1.92. The zero-order chi connectivity index (χ0) is 9.31. The SMILES string of the molecule is CC1(N)CCC(c2ccccc2)C1. The second-order valence-corrected chi connectivity index (χ2v) is 4.50. The molecule has 2 N–H and O–H groups in total. The Hall–Kier alpha value is -0.820. The zero-order valence-electron chi connectivity index (χ0n) is 8.16. The van der Waals surface area contributed by atoms with E-state index in [2.05, 4.69) is 37.3 Å². The van der Waals surface area contributed by atoms with Crippen molar-refractivity contribution in [3.8, 4) is 0 Å². The predicted octanol–water partition coefficient (Wildman–Crippen LogP) is 2.67. The fourth-order valence-electron chi connectivity index (χ4n) is 2.28. The molecule has 0 amide bonds. The Kier molecular flexibility index (Phi) is 2.12. The fraction of sp³-hybridized carbons (Fsp3) is 0.500. The monoisotopic (exact) mass is 175 g/mol. The minimum Gasteiger partial charge on any atom is -0.325 e. The summed E-state index contributed by atoms with van der Waals surface area (Å²) in [6.07, 6.45) is 3.54. The lowest BCUT2D eigenvalue weighted by atomic mass is 9.94. The van der Waals surface area contributed by atoms with Crippen molar-refractivity contribution >= 4 is 0 Å². The molecule has 1 aromatic rings. The van der Waals surface area contributed by atoms with Crippen molar-refractivity contribution in [2.75, 3.05) is 0 Å². The van der Waals surface area contributed by atoms with Crippen LogP contribution in [0.1, 0.15) is 37.7 Å². The molecule has 0 radical (unpaired) electrons. The molecule has 1 aliphatic rings. The summed E-state index contributed by atoms with van der Waals surface area (Å²) in [5.41, 5.74) is 7.63. The van der Waals surface area contributed by atoms with E-state index < -0.39 is 0 Å². The van der Waals surface area contributed by atoms with E-state index >= 15 is 0 Å². The Morgan fingerprint density at radius 1 is 1.31 bits per heavy atom. The van der Waals surface area contributed by atoms with Crippen LogP contribution in [0.5, 0.6) is 0 Å². The maximum absolute atomic E-state index is 6.11. The first-order valence-corrected chi connectivity index (χ1v) is 5.01. The molecule has 1 nitrogen and oxygen atoms in total. The van der Waals surface area contributed by atoms with Gasteiger partial charge < -0.3 is 5.73 Å². The molecule has 1 heteroatoms. The maximum Gasteiger partial charge on any atom is 0.0131 e. The molecular weight excluding hydrogens is 158 g/mol. The molecular formula is C12H17N. The second-order valence-electron chi connectivity index (χ2n) is 4.50. The van der Waals surface area contributed by atoms with Crippen molar-refractivity contribution in [3.63, 3.8) is 0 Å². The van der Waals surface area contributed by atoms with Gasteiger partial charge in [-0.15, -0.1) is 0 Å². The summed E-state index contributed by atoms with van der Waals surface area (Å²) in [4.78, 5) is 0. The third-order valence-corrected chi connectivity index (χ3v) is 3.05. The minimum absolute atomic E-state index is 0.0699. The van der Waals surface area contributed by atoms with E-state index in [9.17, 15) is 0 Å². The third-order valence-electron chi connectivity index (χ3n) is 3.05. The van der Waals surface area contributed by atoms with E-state index in [1.807, 2.05) is 0 Å². The summed E-state index contributed by atoms with van der Waals surface area (Å²) in [5, 5.41) is 0. The molecule has 0 bridgehead atoms. The molecule has 2 atom stereocenters. The molecule has 1 aliphatic carbocycles. The van der Waals surface area contributed by atoms with Crippen molar-refractivity contribution in [3.05, 3.63) is 35.9 Å². The molecule has 1 aromatic carbocycles. The highest BCUT2D eigenvalue weighted by Crippen LogP contribution is 2.38. The normalized spacial score (nSPS) is 33.5. The van der Waals surface area contributed by atoms with E-state index in [-0.39, 0.29) is 5.54 Å². The lowest BCUT2D eigenvalue weighted by Crippen LogP contribution is -2.32. The van der Waals surface area contributed by atoms with Crippen LogP contribution in [-0.2, 0) is 0 Å². The van der Waals surface area contributed by atoms with Gasteiger partial charge in [0.2, 0.25) is 0 Å². The number of hydrogen-bond acceptors (Lipinski definition) is 1. The standard InChI is InChI=1S/C12H17N/c1-12(13)8-7-11(9-12)10-5-3-2-4-6-10/h2-6,11H,7-9,13H2,1H3. The van der Waals surface area contributed by atoms with Gasteiger partial charge in [0.15, 0.2) is 0 Å². The van der Waals surface area contributed by atoms with E-state index in [0.717, 1.165) is 12.8 Å². The van der Waals surface area contributed by atoms with Crippen LogP contribution in [0.4, 0.5) is 0 Å². The number of hydrogen-bond donors (Lipinski definition) is 1. The summed E-state index contributed by atoms with van der Waals surface area (Å²) in [7, 11) is 0. The molecule has 0 aliphatic heterocycles. The molecule has 70 valence electrons. The van der Waals surface area contributed by atoms with E-state index in [0.29, 0.717) is 5.92 Å². The fourth-order valence-corrected chi connectivity index (χ4v) is 2.28. The van der Waals surface area contributed by atoms with Crippen LogP contribution in [-0.4, -0.2) is 5.54 Å². The predicted molar refractivity (Wildman–Crippen MR) is 55.6 cm³/mol. The Morgan fingerprint density at radius 2 is 2.00 bits per heavy atom. The first-order valence-electron chi connectivity index (χ1n) is 5.01. The van der Waals surface area contributed by atoms with Gasteiger partial charge in [-0.2, -0.15) is 0 Å². The molecule has 1 fully saturated rings. The summed E-state index contributed by atoms with van der Waals surface area (Å²) in [5.74, 6) is 0.691. The maximum atomic E-state index is 6.11. The van der Waals surface area contributed by atoms with Crippen LogP contribution in [0.2, 0.25) is 0 Å². The van der Waals surface area contributed by atoms with Crippen LogP contribution in [0.15, 0.2) is 30.3 Å². The Balaban J connectivity index is 2.13. The first-order chi connectivity index (χ1) is 6.17. The van der Waals surface area contributed by atoms with Crippen LogP contribution in [0.3, 0.4) is 0 Å². The largest absolute Gasteiger partial charge is 0.325 e. The van der Waals surface area contributed by atoms with Gasteiger partial charge in [0.25, 0.3) is 0 Å². The quantitative estimate of drug-likeness (QED) is 0.697. The highest BCUT2D eigenvalue weighted by atomic mass is 14.7. The molecule has 2 rings (SSSR count).